The van der Waals surface area contributed by atoms with E-state index < -0.39 is 15.8 Å². The van der Waals surface area contributed by atoms with Crippen LogP contribution >= 0.6 is 0 Å². The zero-order valence-electron chi connectivity index (χ0n) is 13.1. The van der Waals surface area contributed by atoms with Crippen molar-refractivity contribution in [1.82, 2.24) is 5.32 Å². The molecule has 6 nitrogen and oxygen atoms in total. The molecule has 0 radical (unpaired) electrons. The van der Waals surface area contributed by atoms with E-state index in [-0.39, 0.29) is 29.9 Å². The Morgan fingerprint density at radius 1 is 1.26 bits per heavy atom. The molecule has 1 saturated carbocycles. The van der Waals surface area contributed by atoms with Crippen LogP contribution in [0.5, 0.6) is 0 Å². The summed E-state index contributed by atoms with van der Waals surface area (Å²) in [5.41, 5.74) is 0.747. The van der Waals surface area contributed by atoms with Crippen molar-refractivity contribution in [2.45, 2.75) is 37.5 Å². The number of hydrogen-bond donors (Lipinski definition) is 1. The molecule has 7 heteroatoms. The lowest BCUT2D eigenvalue weighted by Gasteiger charge is -2.12. The maximum absolute atomic E-state index is 12.0. The first kappa shape index (κ1) is 17.5. The molecule has 0 saturated heterocycles. The lowest BCUT2D eigenvalue weighted by Crippen LogP contribution is -2.35. The van der Waals surface area contributed by atoms with E-state index >= 15 is 0 Å². The average Bonchev–Trinajstić information content (AvgIpc) is 2.96. The van der Waals surface area contributed by atoms with Crippen LogP contribution in [-0.4, -0.2) is 39.2 Å². The molecule has 2 rings (SSSR count). The highest BCUT2D eigenvalue weighted by molar-refractivity contribution is 7.89. The number of esters is 1. The Hall–Kier alpha value is -1.89. The van der Waals surface area contributed by atoms with Gasteiger partial charge >= 0.3 is 5.97 Å². The van der Waals surface area contributed by atoms with Crippen molar-refractivity contribution in [2.75, 3.05) is 12.9 Å². The standard InChI is InChI=1S/C16H21NO5S/c1-23(20,21)11-12-5-4-6-13(9-12)16(19)22-10-15(18)17-14-7-2-3-8-14/h4-6,9,14H,2-3,7-8,10-11H2,1H3,(H,17,18). The summed E-state index contributed by atoms with van der Waals surface area (Å²) in [6.07, 6.45) is 5.28. The first-order chi connectivity index (χ1) is 10.8. The fourth-order valence-corrected chi connectivity index (χ4v) is 3.43. The van der Waals surface area contributed by atoms with Gasteiger partial charge in [-0.15, -0.1) is 0 Å². The summed E-state index contributed by atoms with van der Waals surface area (Å²) in [5.74, 6) is -1.09. The van der Waals surface area contributed by atoms with Gasteiger partial charge in [0.2, 0.25) is 0 Å². The number of amides is 1. The Kier molecular flexibility index (Phi) is 5.76. The van der Waals surface area contributed by atoms with Crippen LogP contribution in [0.25, 0.3) is 0 Å². The van der Waals surface area contributed by atoms with Gasteiger partial charge in [0.25, 0.3) is 5.91 Å². The quantitative estimate of drug-likeness (QED) is 0.792. The van der Waals surface area contributed by atoms with E-state index in [9.17, 15) is 18.0 Å². The third kappa shape index (κ3) is 6.02. The van der Waals surface area contributed by atoms with Crippen LogP contribution in [-0.2, 0) is 25.1 Å². The number of sulfone groups is 1. The van der Waals surface area contributed by atoms with Crippen molar-refractivity contribution in [1.29, 1.82) is 0 Å². The summed E-state index contributed by atoms with van der Waals surface area (Å²) in [6, 6.07) is 6.40. The van der Waals surface area contributed by atoms with Crippen LogP contribution in [0, 0.1) is 0 Å². The van der Waals surface area contributed by atoms with Crippen LogP contribution in [0.2, 0.25) is 0 Å². The Morgan fingerprint density at radius 2 is 1.96 bits per heavy atom. The van der Waals surface area contributed by atoms with E-state index in [1.54, 1.807) is 12.1 Å². The second kappa shape index (κ2) is 7.59. The summed E-state index contributed by atoms with van der Waals surface area (Å²) in [4.78, 5) is 23.7. The van der Waals surface area contributed by atoms with Crippen molar-refractivity contribution in [2.24, 2.45) is 0 Å². The molecule has 1 aliphatic carbocycles. The first-order valence-corrected chi connectivity index (χ1v) is 9.63. The normalized spacial score (nSPS) is 15.3. The Bertz CT molecular complexity index is 677. The number of ether oxygens (including phenoxy) is 1. The highest BCUT2D eigenvalue weighted by atomic mass is 32.2. The van der Waals surface area contributed by atoms with E-state index in [0.29, 0.717) is 5.56 Å². The topological polar surface area (TPSA) is 89.5 Å². The maximum Gasteiger partial charge on any atom is 0.338 e. The van der Waals surface area contributed by atoms with Gasteiger partial charge in [0.05, 0.1) is 11.3 Å². The summed E-state index contributed by atoms with van der Waals surface area (Å²) in [5, 5.41) is 2.83. The molecule has 126 valence electrons. The summed E-state index contributed by atoms with van der Waals surface area (Å²) >= 11 is 0. The van der Waals surface area contributed by atoms with Crippen LogP contribution in [0.15, 0.2) is 24.3 Å². The van der Waals surface area contributed by atoms with E-state index in [1.165, 1.54) is 12.1 Å². The van der Waals surface area contributed by atoms with Gasteiger partial charge in [0.15, 0.2) is 16.4 Å². The number of nitrogens with one attached hydrogen (secondary N) is 1. The molecule has 23 heavy (non-hydrogen) atoms. The lowest BCUT2D eigenvalue weighted by atomic mass is 10.1. The highest BCUT2D eigenvalue weighted by Crippen LogP contribution is 2.17. The molecule has 0 aliphatic heterocycles. The molecule has 1 N–H and O–H groups in total. The van der Waals surface area contributed by atoms with Crippen molar-refractivity contribution in [3.63, 3.8) is 0 Å². The van der Waals surface area contributed by atoms with Crippen molar-refractivity contribution < 1.29 is 22.7 Å². The number of carbonyl (C=O) groups is 2. The predicted octanol–water partition coefficient (Wildman–Crippen LogP) is 1.45. The van der Waals surface area contributed by atoms with Crippen LogP contribution in [0.3, 0.4) is 0 Å². The summed E-state index contributed by atoms with van der Waals surface area (Å²) in [7, 11) is -3.18. The van der Waals surface area contributed by atoms with Crippen molar-refractivity contribution in [3.05, 3.63) is 35.4 Å². The second-order valence-corrected chi connectivity index (χ2v) is 8.04. The molecular formula is C16H21NO5S. The maximum atomic E-state index is 12.0. The van der Waals surface area contributed by atoms with E-state index in [0.717, 1.165) is 31.9 Å². The largest absolute Gasteiger partial charge is 0.452 e. The van der Waals surface area contributed by atoms with Crippen molar-refractivity contribution in [3.8, 4) is 0 Å². The minimum absolute atomic E-state index is 0.143. The molecule has 0 atom stereocenters. The lowest BCUT2D eigenvalue weighted by molar-refractivity contribution is -0.124. The number of carbonyl (C=O) groups excluding carboxylic acids is 2. The van der Waals surface area contributed by atoms with Crippen molar-refractivity contribution >= 4 is 21.7 Å². The van der Waals surface area contributed by atoms with Gasteiger partial charge < -0.3 is 10.1 Å². The van der Waals surface area contributed by atoms with Crippen LogP contribution in [0.1, 0.15) is 41.6 Å². The molecule has 0 unspecified atom stereocenters. The zero-order valence-corrected chi connectivity index (χ0v) is 13.9. The molecule has 1 aliphatic rings. The Balaban J connectivity index is 1.87. The Labute approximate surface area is 136 Å². The molecule has 0 spiro atoms. The zero-order chi connectivity index (χ0) is 16.9. The molecular weight excluding hydrogens is 318 g/mol. The number of hydrogen-bond acceptors (Lipinski definition) is 5. The summed E-state index contributed by atoms with van der Waals surface area (Å²) < 4.78 is 27.6. The van der Waals surface area contributed by atoms with Gasteiger partial charge in [-0.2, -0.15) is 0 Å². The van der Waals surface area contributed by atoms with Gasteiger partial charge in [0, 0.05) is 12.3 Å². The van der Waals surface area contributed by atoms with E-state index in [1.807, 2.05) is 0 Å². The Morgan fingerprint density at radius 3 is 2.61 bits per heavy atom. The monoisotopic (exact) mass is 339 g/mol. The number of rotatable bonds is 6. The number of benzene rings is 1. The third-order valence-corrected chi connectivity index (χ3v) is 4.50. The van der Waals surface area contributed by atoms with Gasteiger partial charge in [-0.3, -0.25) is 4.79 Å². The molecule has 1 aromatic rings. The van der Waals surface area contributed by atoms with Gasteiger partial charge in [-0.25, -0.2) is 13.2 Å². The minimum atomic E-state index is -3.18. The van der Waals surface area contributed by atoms with E-state index in [2.05, 4.69) is 5.32 Å². The van der Waals surface area contributed by atoms with Gasteiger partial charge in [-0.05, 0) is 30.5 Å². The van der Waals surface area contributed by atoms with Gasteiger partial charge in [-0.1, -0.05) is 25.0 Å². The molecule has 1 aromatic carbocycles. The molecule has 0 aromatic heterocycles. The minimum Gasteiger partial charge on any atom is -0.452 e. The highest BCUT2D eigenvalue weighted by Gasteiger charge is 2.18. The fraction of sp³-hybridized carbons (Fsp3) is 0.500. The summed E-state index contributed by atoms with van der Waals surface area (Å²) in [6.45, 7) is -0.328. The first-order valence-electron chi connectivity index (χ1n) is 7.56. The fourth-order valence-electron chi connectivity index (χ4n) is 2.64. The smallest absolute Gasteiger partial charge is 0.338 e. The predicted molar refractivity (Wildman–Crippen MR) is 85.7 cm³/mol. The molecule has 1 amide bonds. The van der Waals surface area contributed by atoms with Crippen LogP contribution < -0.4 is 5.32 Å². The molecule has 0 bridgehead atoms. The average molecular weight is 339 g/mol. The van der Waals surface area contributed by atoms with Crippen LogP contribution in [0.4, 0.5) is 0 Å². The van der Waals surface area contributed by atoms with Gasteiger partial charge in [0.1, 0.15) is 0 Å². The molecule has 0 heterocycles. The molecule has 1 fully saturated rings. The van der Waals surface area contributed by atoms with E-state index in [4.69, 9.17) is 4.74 Å². The SMILES string of the molecule is CS(=O)(=O)Cc1cccc(C(=O)OCC(=O)NC2CCCC2)c1. The second-order valence-electron chi connectivity index (χ2n) is 5.90. The third-order valence-electron chi connectivity index (χ3n) is 3.65.